The third-order valence-corrected chi connectivity index (χ3v) is 3.20. The van der Waals surface area contributed by atoms with E-state index in [2.05, 4.69) is 14.8 Å². The Morgan fingerprint density at radius 1 is 0.929 bits per heavy atom. The smallest absolute Gasteiger partial charge is 0.413 e. The number of rotatable bonds is 9. The van der Waals surface area contributed by atoms with E-state index < -0.39 is 37.0 Å². The Labute approximate surface area is 161 Å². The fourth-order valence-corrected chi connectivity index (χ4v) is 1.98. The first-order valence-corrected chi connectivity index (χ1v) is 8.06. The van der Waals surface area contributed by atoms with Crippen molar-refractivity contribution in [2.24, 2.45) is 0 Å². The largest absolute Gasteiger partial charge is 0.493 e. The van der Waals surface area contributed by atoms with Crippen LogP contribution in [0.4, 0.5) is 4.79 Å². The molecule has 1 aromatic rings. The highest BCUT2D eigenvalue weighted by Gasteiger charge is 2.18. The van der Waals surface area contributed by atoms with Gasteiger partial charge in [-0.25, -0.2) is 4.79 Å². The van der Waals surface area contributed by atoms with Crippen molar-refractivity contribution in [1.82, 2.24) is 10.6 Å². The summed E-state index contributed by atoms with van der Waals surface area (Å²) in [5.41, 5.74) is 0.155. The van der Waals surface area contributed by atoms with E-state index >= 15 is 0 Å². The van der Waals surface area contributed by atoms with Gasteiger partial charge < -0.3 is 29.0 Å². The van der Waals surface area contributed by atoms with E-state index in [0.717, 1.165) is 0 Å². The van der Waals surface area contributed by atoms with E-state index in [1.165, 1.54) is 33.5 Å². The lowest BCUT2D eigenvalue weighted by molar-refractivity contribution is -0.147. The summed E-state index contributed by atoms with van der Waals surface area (Å²) >= 11 is 0. The van der Waals surface area contributed by atoms with Crippen LogP contribution >= 0.6 is 0 Å². The van der Waals surface area contributed by atoms with Gasteiger partial charge in [0.05, 0.1) is 27.9 Å². The Kier molecular flexibility index (Phi) is 9.07. The van der Waals surface area contributed by atoms with Crippen LogP contribution in [0.2, 0.25) is 0 Å². The molecule has 11 heteroatoms. The van der Waals surface area contributed by atoms with Crippen LogP contribution in [0.3, 0.4) is 0 Å². The lowest BCUT2D eigenvalue weighted by Gasteiger charge is -2.14. The van der Waals surface area contributed by atoms with Gasteiger partial charge in [0.2, 0.25) is 5.75 Å². The zero-order valence-electron chi connectivity index (χ0n) is 16.0. The average molecular weight is 398 g/mol. The summed E-state index contributed by atoms with van der Waals surface area (Å²) in [5.74, 6) is -1.49. The summed E-state index contributed by atoms with van der Waals surface area (Å²) in [6, 6.07) is 2.82. The third kappa shape index (κ3) is 6.67. The molecule has 0 fully saturated rings. The van der Waals surface area contributed by atoms with Gasteiger partial charge in [-0.2, -0.15) is 0 Å². The van der Waals surface area contributed by atoms with Gasteiger partial charge in [0.25, 0.3) is 11.8 Å². The number of imide groups is 1. The Morgan fingerprint density at radius 2 is 1.54 bits per heavy atom. The molecule has 11 nitrogen and oxygen atoms in total. The normalized spacial score (nSPS) is 9.71. The molecule has 0 atom stereocenters. The Bertz CT molecular complexity index is 708. The number of hydrogen-bond donors (Lipinski definition) is 2. The highest BCUT2D eigenvalue weighted by Crippen LogP contribution is 2.38. The number of hydrogen-bond acceptors (Lipinski definition) is 9. The summed E-state index contributed by atoms with van der Waals surface area (Å²) in [4.78, 5) is 46.3. The maximum atomic E-state index is 12.2. The van der Waals surface area contributed by atoms with Crippen molar-refractivity contribution in [3.8, 4) is 17.2 Å². The number of ether oxygens (including phenoxy) is 5. The van der Waals surface area contributed by atoms with Gasteiger partial charge >= 0.3 is 12.1 Å². The van der Waals surface area contributed by atoms with Gasteiger partial charge in [-0.15, -0.1) is 0 Å². The lowest BCUT2D eigenvalue weighted by atomic mass is 10.1. The molecule has 0 radical (unpaired) electrons. The van der Waals surface area contributed by atoms with Crippen molar-refractivity contribution in [2.45, 2.75) is 6.92 Å². The maximum absolute atomic E-state index is 12.2. The highest BCUT2D eigenvalue weighted by atomic mass is 16.6. The maximum Gasteiger partial charge on any atom is 0.413 e. The molecule has 1 rings (SSSR count). The molecule has 28 heavy (non-hydrogen) atoms. The van der Waals surface area contributed by atoms with Gasteiger partial charge in [-0.05, 0) is 19.1 Å². The molecule has 0 aliphatic heterocycles. The summed E-state index contributed by atoms with van der Waals surface area (Å²) in [5, 5.41) is 4.19. The fourth-order valence-electron chi connectivity index (χ4n) is 1.98. The van der Waals surface area contributed by atoms with Gasteiger partial charge in [-0.3, -0.25) is 19.7 Å². The molecule has 0 aliphatic rings. The van der Waals surface area contributed by atoms with Crippen molar-refractivity contribution in [3.05, 3.63) is 17.7 Å². The summed E-state index contributed by atoms with van der Waals surface area (Å²) in [7, 11) is 4.23. The molecule has 0 heterocycles. The van der Waals surface area contributed by atoms with Crippen molar-refractivity contribution < 1.29 is 42.9 Å². The van der Waals surface area contributed by atoms with Crippen molar-refractivity contribution in [1.29, 1.82) is 0 Å². The second kappa shape index (κ2) is 11.3. The molecule has 0 bridgehead atoms. The van der Waals surface area contributed by atoms with Crippen LogP contribution in [0.5, 0.6) is 17.2 Å². The summed E-state index contributed by atoms with van der Waals surface area (Å²) in [6.07, 6.45) is -0.945. The van der Waals surface area contributed by atoms with Crippen LogP contribution < -0.4 is 24.8 Å². The first-order chi connectivity index (χ1) is 13.4. The lowest BCUT2D eigenvalue weighted by Crippen LogP contribution is -2.36. The van der Waals surface area contributed by atoms with Crippen LogP contribution in [0.1, 0.15) is 17.3 Å². The minimum atomic E-state index is -0.945. The number of amides is 3. The van der Waals surface area contributed by atoms with Crippen molar-refractivity contribution in [3.63, 3.8) is 0 Å². The molecule has 3 amide bonds. The average Bonchev–Trinajstić information content (AvgIpc) is 2.69. The zero-order chi connectivity index (χ0) is 21.1. The van der Waals surface area contributed by atoms with Crippen molar-refractivity contribution >= 4 is 23.9 Å². The molecule has 1 aromatic carbocycles. The quantitative estimate of drug-likeness (QED) is 0.561. The topological polar surface area (TPSA) is 138 Å². The number of alkyl carbamates (subject to hydrolysis) is 1. The minimum Gasteiger partial charge on any atom is -0.493 e. The zero-order valence-corrected chi connectivity index (χ0v) is 16.0. The van der Waals surface area contributed by atoms with E-state index in [1.54, 1.807) is 6.92 Å². The number of carbonyl (C=O) groups is 4. The predicted octanol–water partition coefficient (Wildman–Crippen LogP) is 0.258. The number of carbonyl (C=O) groups excluding carboxylic acids is 4. The molecular formula is C17H22N2O9. The van der Waals surface area contributed by atoms with Crippen LogP contribution in [-0.2, 0) is 19.1 Å². The molecule has 0 saturated carbocycles. The summed E-state index contributed by atoms with van der Waals surface area (Å²) < 4.78 is 24.6. The van der Waals surface area contributed by atoms with Crippen LogP contribution in [-0.4, -0.2) is 65.0 Å². The van der Waals surface area contributed by atoms with E-state index in [9.17, 15) is 19.2 Å². The molecular weight excluding hydrogens is 376 g/mol. The second-order valence-electron chi connectivity index (χ2n) is 5.03. The molecule has 2 N–H and O–H groups in total. The Balaban J connectivity index is 2.59. The molecule has 0 spiro atoms. The van der Waals surface area contributed by atoms with Gasteiger partial charge in [0.1, 0.15) is 6.54 Å². The van der Waals surface area contributed by atoms with E-state index in [1.807, 2.05) is 5.32 Å². The van der Waals surface area contributed by atoms with Crippen molar-refractivity contribution in [2.75, 3.05) is 41.1 Å². The first-order valence-electron chi connectivity index (χ1n) is 8.06. The number of benzene rings is 1. The molecule has 154 valence electrons. The van der Waals surface area contributed by atoms with Crippen LogP contribution in [0, 0.1) is 0 Å². The van der Waals surface area contributed by atoms with E-state index in [-0.39, 0.29) is 23.7 Å². The van der Waals surface area contributed by atoms with Gasteiger partial charge in [0.15, 0.2) is 18.1 Å². The third-order valence-electron chi connectivity index (χ3n) is 3.20. The second-order valence-corrected chi connectivity index (χ2v) is 5.03. The molecule has 0 aliphatic carbocycles. The SMILES string of the molecule is CCOC(=O)NC(=O)COC(=O)CNC(=O)c1cc(OC)c(OC)c(OC)c1. The fraction of sp³-hybridized carbons (Fsp3) is 0.412. The molecule has 0 aromatic heterocycles. The minimum absolute atomic E-state index is 0.0892. The van der Waals surface area contributed by atoms with E-state index in [4.69, 9.17) is 14.2 Å². The Hall–Kier alpha value is -3.50. The standard InChI is InChI=1S/C17H22N2O9/c1-5-27-17(23)19-13(20)9-28-14(21)8-18-16(22)10-6-11(24-2)15(26-4)12(7-10)25-3/h6-7H,5,8-9H2,1-4H3,(H,18,22)(H,19,20,23). The summed E-state index contributed by atoms with van der Waals surface area (Å²) in [6.45, 7) is 0.465. The number of esters is 1. The van der Waals surface area contributed by atoms with Gasteiger partial charge in [0, 0.05) is 5.56 Å². The molecule has 0 saturated heterocycles. The first kappa shape index (κ1) is 22.5. The highest BCUT2D eigenvalue weighted by molar-refractivity contribution is 5.97. The monoisotopic (exact) mass is 398 g/mol. The van der Waals surface area contributed by atoms with Crippen LogP contribution in [0.15, 0.2) is 12.1 Å². The van der Waals surface area contributed by atoms with Gasteiger partial charge in [-0.1, -0.05) is 0 Å². The number of nitrogens with one attached hydrogen (secondary N) is 2. The van der Waals surface area contributed by atoms with E-state index in [0.29, 0.717) is 5.75 Å². The predicted molar refractivity (Wildman–Crippen MR) is 94.6 cm³/mol. The van der Waals surface area contributed by atoms with Crippen LogP contribution in [0.25, 0.3) is 0 Å². The number of methoxy groups -OCH3 is 3. The Morgan fingerprint density at radius 3 is 2.04 bits per heavy atom. The molecule has 0 unspecified atom stereocenters.